The predicted molar refractivity (Wildman–Crippen MR) is 62.3 cm³/mol. The molecule has 0 aliphatic rings. The minimum atomic E-state index is -0.899. The Morgan fingerprint density at radius 1 is 1.50 bits per heavy atom. The first-order valence-corrected chi connectivity index (χ1v) is 5.58. The monoisotopic (exact) mass is 232 g/mol. The van der Waals surface area contributed by atoms with Crippen molar-refractivity contribution in [3.05, 3.63) is 35.7 Å². The van der Waals surface area contributed by atoms with E-state index < -0.39 is 5.97 Å². The zero-order valence-electron chi connectivity index (χ0n) is 8.47. The zero-order chi connectivity index (χ0) is 11.3. The molecule has 2 aromatic heterocycles. The number of aromatic carboxylic acids is 1. The lowest BCUT2D eigenvalue weighted by molar-refractivity contribution is 0.0697. The van der Waals surface area contributed by atoms with Gasteiger partial charge in [0.1, 0.15) is 0 Å². The summed E-state index contributed by atoms with van der Waals surface area (Å²) in [5.41, 5.74) is 2.29. The van der Waals surface area contributed by atoms with Gasteiger partial charge in [-0.1, -0.05) is 11.3 Å². The molecular weight excluding hydrogens is 224 g/mol. The lowest BCUT2D eigenvalue weighted by Crippen LogP contribution is -1.94. The first-order chi connectivity index (χ1) is 7.65. The van der Waals surface area contributed by atoms with E-state index in [0.717, 1.165) is 20.9 Å². The lowest BCUT2D eigenvalue weighted by Gasteiger charge is -1.94. The summed E-state index contributed by atoms with van der Waals surface area (Å²) < 4.78 is 2.93. The number of thiazole rings is 1. The number of hydrogen-bond acceptors (Lipinski definition) is 3. The van der Waals surface area contributed by atoms with Crippen molar-refractivity contribution in [1.82, 2.24) is 9.38 Å². The third kappa shape index (κ3) is 1.22. The summed E-state index contributed by atoms with van der Waals surface area (Å²) in [6.45, 7) is 1.94. The van der Waals surface area contributed by atoms with Crippen LogP contribution in [0.2, 0.25) is 0 Å². The number of carbonyl (C=O) groups is 1. The van der Waals surface area contributed by atoms with Gasteiger partial charge >= 0.3 is 5.97 Å². The van der Waals surface area contributed by atoms with Gasteiger partial charge in [0.05, 0.1) is 21.5 Å². The number of nitrogens with zero attached hydrogens (tertiary/aromatic N) is 2. The Morgan fingerprint density at radius 2 is 2.31 bits per heavy atom. The zero-order valence-corrected chi connectivity index (χ0v) is 9.28. The van der Waals surface area contributed by atoms with E-state index >= 15 is 0 Å². The Morgan fingerprint density at radius 3 is 3.06 bits per heavy atom. The number of aromatic nitrogens is 2. The third-order valence-corrected chi connectivity index (χ3v) is 3.48. The quantitative estimate of drug-likeness (QED) is 0.701. The van der Waals surface area contributed by atoms with Gasteiger partial charge < -0.3 is 5.11 Å². The van der Waals surface area contributed by atoms with E-state index in [1.54, 1.807) is 12.1 Å². The van der Waals surface area contributed by atoms with Gasteiger partial charge in [-0.25, -0.2) is 9.78 Å². The van der Waals surface area contributed by atoms with Gasteiger partial charge in [-0.2, -0.15) is 0 Å². The van der Waals surface area contributed by atoms with Crippen molar-refractivity contribution >= 4 is 32.5 Å². The fraction of sp³-hybridized carbons (Fsp3) is 0.0909. The molecule has 0 amide bonds. The van der Waals surface area contributed by atoms with Crippen molar-refractivity contribution in [2.45, 2.75) is 6.92 Å². The van der Waals surface area contributed by atoms with Gasteiger partial charge in [0.25, 0.3) is 0 Å². The molecule has 0 aliphatic carbocycles. The van der Waals surface area contributed by atoms with Gasteiger partial charge in [-0.3, -0.25) is 4.40 Å². The summed E-state index contributed by atoms with van der Waals surface area (Å²) in [7, 11) is 0. The predicted octanol–water partition coefficient (Wildman–Crippen LogP) is 2.56. The summed E-state index contributed by atoms with van der Waals surface area (Å²) >= 11 is 1.50. The van der Waals surface area contributed by atoms with E-state index in [1.165, 1.54) is 11.3 Å². The van der Waals surface area contributed by atoms with Crippen molar-refractivity contribution in [3.63, 3.8) is 0 Å². The van der Waals surface area contributed by atoms with E-state index in [4.69, 9.17) is 5.11 Å². The number of benzene rings is 1. The topological polar surface area (TPSA) is 54.6 Å². The molecule has 0 radical (unpaired) electrons. The van der Waals surface area contributed by atoms with Crippen LogP contribution in [0.15, 0.2) is 24.4 Å². The minimum absolute atomic E-state index is 0.314. The summed E-state index contributed by atoms with van der Waals surface area (Å²) in [6, 6.07) is 5.13. The molecule has 0 saturated heterocycles. The highest BCUT2D eigenvalue weighted by Crippen LogP contribution is 2.27. The van der Waals surface area contributed by atoms with Gasteiger partial charge in [0.2, 0.25) is 0 Å². The largest absolute Gasteiger partial charge is 0.478 e. The summed E-state index contributed by atoms with van der Waals surface area (Å²) in [5, 5.41) is 8.90. The van der Waals surface area contributed by atoms with Crippen LogP contribution >= 0.6 is 11.3 Å². The molecule has 0 aliphatic heterocycles. The van der Waals surface area contributed by atoms with Crippen molar-refractivity contribution in [2.75, 3.05) is 0 Å². The average molecular weight is 232 g/mol. The smallest absolute Gasteiger partial charge is 0.335 e. The Hall–Kier alpha value is -1.88. The van der Waals surface area contributed by atoms with Crippen LogP contribution in [-0.4, -0.2) is 20.5 Å². The highest BCUT2D eigenvalue weighted by molar-refractivity contribution is 7.23. The molecule has 0 fully saturated rings. The fourth-order valence-corrected chi connectivity index (χ4v) is 2.84. The van der Waals surface area contributed by atoms with Crippen LogP contribution in [0.25, 0.3) is 15.2 Å². The number of carboxylic acid groups (broad SMARTS) is 1. The molecule has 16 heavy (non-hydrogen) atoms. The third-order valence-electron chi connectivity index (χ3n) is 2.46. The Kier molecular flexibility index (Phi) is 1.79. The number of hydrogen-bond donors (Lipinski definition) is 1. The molecule has 3 aromatic rings. The van der Waals surface area contributed by atoms with Gasteiger partial charge in [0.15, 0.2) is 4.96 Å². The first kappa shape index (κ1) is 9.35. The van der Waals surface area contributed by atoms with Gasteiger partial charge in [0, 0.05) is 6.20 Å². The molecule has 80 valence electrons. The molecule has 1 N–H and O–H groups in total. The maximum absolute atomic E-state index is 10.8. The van der Waals surface area contributed by atoms with Crippen molar-refractivity contribution in [3.8, 4) is 0 Å². The normalized spacial score (nSPS) is 11.3. The molecule has 0 unspecified atom stereocenters. The molecule has 0 bridgehead atoms. The van der Waals surface area contributed by atoms with Crippen LogP contribution in [0.4, 0.5) is 0 Å². The standard InChI is InChI=1S/C11H8N2O2S/c1-6-5-13-8-3-2-7(10(14)15)4-9(8)16-11(13)12-6/h2-5H,1H3,(H,14,15). The van der Waals surface area contributed by atoms with Crippen molar-refractivity contribution in [2.24, 2.45) is 0 Å². The number of fused-ring (bicyclic) bond motifs is 3. The van der Waals surface area contributed by atoms with Crippen LogP contribution in [0, 0.1) is 6.92 Å². The van der Waals surface area contributed by atoms with Gasteiger partial charge in [-0.05, 0) is 25.1 Å². The second-order valence-corrected chi connectivity index (χ2v) is 4.63. The second-order valence-electron chi connectivity index (χ2n) is 3.62. The van der Waals surface area contributed by atoms with E-state index in [1.807, 2.05) is 23.6 Å². The average Bonchev–Trinajstić information content (AvgIpc) is 2.72. The van der Waals surface area contributed by atoms with Crippen LogP contribution in [0.1, 0.15) is 16.1 Å². The van der Waals surface area contributed by atoms with E-state index in [2.05, 4.69) is 4.98 Å². The van der Waals surface area contributed by atoms with Crippen LogP contribution in [-0.2, 0) is 0 Å². The number of aryl methyl sites for hydroxylation is 1. The maximum Gasteiger partial charge on any atom is 0.335 e. The first-order valence-electron chi connectivity index (χ1n) is 4.77. The van der Waals surface area contributed by atoms with E-state index in [9.17, 15) is 4.79 Å². The van der Waals surface area contributed by atoms with Crippen molar-refractivity contribution < 1.29 is 9.90 Å². The number of imidazole rings is 1. The molecule has 1 aromatic carbocycles. The number of carboxylic acids is 1. The van der Waals surface area contributed by atoms with Crippen molar-refractivity contribution in [1.29, 1.82) is 0 Å². The fourth-order valence-electron chi connectivity index (χ4n) is 1.75. The SMILES string of the molecule is Cc1cn2c(n1)sc1cc(C(=O)O)ccc12. The highest BCUT2D eigenvalue weighted by atomic mass is 32.1. The van der Waals surface area contributed by atoms with Crippen LogP contribution < -0.4 is 0 Å². The summed E-state index contributed by atoms with van der Waals surface area (Å²) in [5.74, 6) is -0.899. The summed E-state index contributed by atoms with van der Waals surface area (Å²) in [4.78, 5) is 16.1. The molecule has 3 rings (SSSR count). The van der Waals surface area contributed by atoms with E-state index in [0.29, 0.717) is 5.56 Å². The molecule has 0 atom stereocenters. The second kappa shape index (κ2) is 3.05. The summed E-state index contributed by atoms with van der Waals surface area (Å²) in [6.07, 6.45) is 1.95. The molecular formula is C11H8N2O2S. The van der Waals surface area contributed by atoms with E-state index in [-0.39, 0.29) is 0 Å². The van der Waals surface area contributed by atoms with Gasteiger partial charge in [-0.15, -0.1) is 0 Å². The Bertz CT molecular complexity index is 711. The molecule has 4 nitrogen and oxygen atoms in total. The molecule has 2 heterocycles. The van der Waals surface area contributed by atoms with Crippen LogP contribution in [0.5, 0.6) is 0 Å². The highest BCUT2D eigenvalue weighted by Gasteiger charge is 2.09. The molecule has 0 spiro atoms. The Labute approximate surface area is 94.8 Å². The maximum atomic E-state index is 10.8. The molecule has 5 heteroatoms. The lowest BCUT2D eigenvalue weighted by atomic mass is 10.2. The molecule has 0 saturated carbocycles. The Balaban J connectivity index is 2.37. The van der Waals surface area contributed by atoms with Crippen LogP contribution in [0.3, 0.4) is 0 Å². The minimum Gasteiger partial charge on any atom is -0.478 e. The number of rotatable bonds is 1.